The summed E-state index contributed by atoms with van der Waals surface area (Å²) in [5.41, 5.74) is 1.03. The number of hydrogen-bond donors (Lipinski definition) is 1. The van der Waals surface area contributed by atoms with Crippen LogP contribution in [0.15, 0.2) is 23.1 Å². The summed E-state index contributed by atoms with van der Waals surface area (Å²) in [6.07, 6.45) is 0. The predicted octanol–water partition coefficient (Wildman–Crippen LogP) is 2.34. The van der Waals surface area contributed by atoms with Crippen LogP contribution in [0.25, 0.3) is 0 Å². The topological polar surface area (TPSA) is 47.6 Å². The molecule has 0 aromatic heterocycles. The van der Waals surface area contributed by atoms with Gasteiger partial charge in [0, 0.05) is 30.1 Å². The zero-order valence-electron chi connectivity index (χ0n) is 11.1. The van der Waals surface area contributed by atoms with Crippen LogP contribution in [0, 0.1) is 0 Å². The fraction of sp³-hybridized carbons (Fsp3) is 0.462. The Kier molecular flexibility index (Phi) is 7.90. The van der Waals surface area contributed by atoms with Crippen molar-refractivity contribution in [2.45, 2.75) is 11.4 Å². The van der Waals surface area contributed by atoms with Crippen LogP contribution in [0.1, 0.15) is 5.56 Å². The molecule has 0 atom stereocenters. The summed E-state index contributed by atoms with van der Waals surface area (Å²) in [6, 6.07) is 5.77. The van der Waals surface area contributed by atoms with E-state index in [1.165, 1.54) is 18.9 Å². The number of benzene rings is 1. The molecule has 1 aromatic carbocycles. The van der Waals surface area contributed by atoms with E-state index in [9.17, 15) is 4.79 Å². The number of esters is 1. The molecule has 1 aromatic rings. The predicted molar refractivity (Wildman–Crippen MR) is 77.8 cm³/mol. The smallest absolute Gasteiger partial charge is 0.315 e. The summed E-state index contributed by atoms with van der Waals surface area (Å²) in [4.78, 5) is 12.0. The summed E-state index contributed by atoms with van der Waals surface area (Å²) in [5, 5.41) is 3.93. The highest BCUT2D eigenvalue weighted by molar-refractivity contribution is 8.00. The molecule has 0 radical (unpaired) electrons. The standard InChI is InChI=1S/C13H18ClNO3S/c1-17-6-5-15-8-10-3-4-11(7-12(10)14)19-9-13(16)18-2/h3-4,7,15H,5-6,8-9H2,1-2H3. The van der Waals surface area contributed by atoms with E-state index < -0.39 is 0 Å². The Hall–Kier alpha value is -0.750. The molecule has 1 N–H and O–H groups in total. The Morgan fingerprint density at radius 1 is 1.42 bits per heavy atom. The maximum absolute atomic E-state index is 11.0. The Balaban J connectivity index is 2.47. The van der Waals surface area contributed by atoms with Crippen LogP contribution in [0.2, 0.25) is 5.02 Å². The second-order valence-electron chi connectivity index (χ2n) is 3.79. The maximum atomic E-state index is 11.0. The Morgan fingerprint density at radius 3 is 2.84 bits per heavy atom. The summed E-state index contributed by atoms with van der Waals surface area (Å²) in [5.74, 6) is 0.0459. The highest BCUT2D eigenvalue weighted by Crippen LogP contribution is 2.25. The lowest BCUT2D eigenvalue weighted by molar-refractivity contribution is -0.137. The van der Waals surface area contributed by atoms with Crippen molar-refractivity contribution >= 4 is 29.3 Å². The average Bonchev–Trinajstić information content (AvgIpc) is 2.42. The Bertz CT molecular complexity index is 415. The van der Waals surface area contributed by atoms with Gasteiger partial charge in [-0.2, -0.15) is 0 Å². The van der Waals surface area contributed by atoms with Gasteiger partial charge in [-0.1, -0.05) is 17.7 Å². The fourth-order valence-electron chi connectivity index (χ4n) is 1.36. The zero-order valence-corrected chi connectivity index (χ0v) is 12.6. The number of thioether (sulfide) groups is 1. The van der Waals surface area contributed by atoms with E-state index in [0.29, 0.717) is 18.2 Å². The molecule has 4 nitrogen and oxygen atoms in total. The average molecular weight is 304 g/mol. The molecule has 0 aliphatic heterocycles. The molecule has 6 heteroatoms. The fourth-order valence-corrected chi connectivity index (χ4v) is 2.44. The van der Waals surface area contributed by atoms with Crippen molar-refractivity contribution in [2.75, 3.05) is 33.1 Å². The van der Waals surface area contributed by atoms with Crippen molar-refractivity contribution in [1.82, 2.24) is 5.32 Å². The third kappa shape index (κ3) is 6.29. The van der Waals surface area contributed by atoms with Crippen molar-refractivity contribution in [1.29, 1.82) is 0 Å². The normalized spacial score (nSPS) is 10.5. The summed E-state index contributed by atoms with van der Waals surface area (Å²) < 4.78 is 9.54. The third-order valence-electron chi connectivity index (χ3n) is 2.41. The van der Waals surface area contributed by atoms with Gasteiger partial charge in [0.25, 0.3) is 0 Å². The molecule has 19 heavy (non-hydrogen) atoms. The third-order valence-corrected chi connectivity index (χ3v) is 3.73. The van der Waals surface area contributed by atoms with E-state index in [1.807, 2.05) is 18.2 Å². The number of methoxy groups -OCH3 is 2. The number of hydrogen-bond acceptors (Lipinski definition) is 5. The van der Waals surface area contributed by atoms with Gasteiger partial charge in [0.15, 0.2) is 0 Å². The lowest BCUT2D eigenvalue weighted by atomic mass is 10.2. The number of ether oxygens (including phenoxy) is 2. The lowest BCUT2D eigenvalue weighted by Gasteiger charge is -2.08. The van der Waals surface area contributed by atoms with Gasteiger partial charge in [-0.25, -0.2) is 0 Å². The number of rotatable bonds is 8. The van der Waals surface area contributed by atoms with Gasteiger partial charge in [0.2, 0.25) is 0 Å². The van der Waals surface area contributed by atoms with Crippen LogP contribution >= 0.6 is 23.4 Å². The van der Waals surface area contributed by atoms with Crippen molar-refractivity contribution in [3.63, 3.8) is 0 Å². The minimum atomic E-state index is -0.244. The molecule has 1 rings (SSSR count). The van der Waals surface area contributed by atoms with Crippen LogP contribution in [0.5, 0.6) is 0 Å². The molecule has 0 amide bonds. The van der Waals surface area contributed by atoms with E-state index in [2.05, 4.69) is 10.1 Å². The Labute approximate surface area is 122 Å². The number of halogens is 1. The lowest BCUT2D eigenvalue weighted by Crippen LogP contribution is -2.18. The van der Waals surface area contributed by atoms with Gasteiger partial charge in [-0.05, 0) is 17.7 Å². The SMILES string of the molecule is COCCNCc1ccc(SCC(=O)OC)cc1Cl. The first-order chi connectivity index (χ1) is 9.17. The van der Waals surface area contributed by atoms with Crippen LogP contribution in [-0.2, 0) is 20.8 Å². The summed E-state index contributed by atoms with van der Waals surface area (Å²) >= 11 is 7.60. The number of carbonyl (C=O) groups is 1. The van der Waals surface area contributed by atoms with Gasteiger partial charge >= 0.3 is 5.97 Å². The van der Waals surface area contributed by atoms with E-state index in [-0.39, 0.29) is 11.7 Å². The molecule has 0 spiro atoms. The highest BCUT2D eigenvalue weighted by atomic mass is 35.5. The Morgan fingerprint density at radius 2 is 2.21 bits per heavy atom. The summed E-state index contributed by atoms with van der Waals surface area (Å²) in [6.45, 7) is 2.15. The van der Waals surface area contributed by atoms with Crippen LogP contribution in [-0.4, -0.2) is 39.1 Å². The number of nitrogens with one attached hydrogen (secondary N) is 1. The quantitative estimate of drug-likeness (QED) is 0.454. The van der Waals surface area contributed by atoms with Crippen molar-refractivity contribution in [3.05, 3.63) is 28.8 Å². The first-order valence-corrected chi connectivity index (χ1v) is 7.21. The van der Waals surface area contributed by atoms with E-state index in [0.717, 1.165) is 17.0 Å². The zero-order chi connectivity index (χ0) is 14.1. The van der Waals surface area contributed by atoms with Crippen LogP contribution < -0.4 is 5.32 Å². The van der Waals surface area contributed by atoms with Crippen LogP contribution in [0.4, 0.5) is 0 Å². The van der Waals surface area contributed by atoms with Crippen molar-refractivity contribution < 1.29 is 14.3 Å². The first-order valence-electron chi connectivity index (χ1n) is 5.85. The van der Waals surface area contributed by atoms with E-state index in [4.69, 9.17) is 16.3 Å². The minimum Gasteiger partial charge on any atom is -0.468 e. The van der Waals surface area contributed by atoms with E-state index in [1.54, 1.807) is 7.11 Å². The molecule has 0 saturated carbocycles. The molecule has 106 valence electrons. The molecule has 0 fully saturated rings. The second kappa shape index (κ2) is 9.20. The highest BCUT2D eigenvalue weighted by Gasteiger charge is 2.05. The van der Waals surface area contributed by atoms with E-state index >= 15 is 0 Å². The van der Waals surface area contributed by atoms with Crippen molar-refractivity contribution in [2.24, 2.45) is 0 Å². The van der Waals surface area contributed by atoms with Gasteiger partial charge in [0.05, 0.1) is 19.5 Å². The molecule has 0 aliphatic carbocycles. The monoisotopic (exact) mass is 303 g/mol. The molecule has 0 bridgehead atoms. The van der Waals surface area contributed by atoms with Gasteiger partial charge in [0.1, 0.15) is 0 Å². The largest absolute Gasteiger partial charge is 0.468 e. The van der Waals surface area contributed by atoms with Gasteiger partial charge < -0.3 is 14.8 Å². The maximum Gasteiger partial charge on any atom is 0.315 e. The minimum absolute atomic E-state index is 0.244. The number of carbonyl (C=O) groups excluding carboxylic acids is 1. The first kappa shape index (κ1) is 16.3. The second-order valence-corrected chi connectivity index (χ2v) is 5.24. The van der Waals surface area contributed by atoms with Crippen LogP contribution in [0.3, 0.4) is 0 Å². The molecule has 0 heterocycles. The van der Waals surface area contributed by atoms with Gasteiger partial charge in [-0.3, -0.25) is 4.79 Å². The van der Waals surface area contributed by atoms with Crippen molar-refractivity contribution in [3.8, 4) is 0 Å². The molecule has 0 unspecified atom stereocenters. The summed E-state index contributed by atoms with van der Waals surface area (Å²) in [7, 11) is 3.05. The molecular weight excluding hydrogens is 286 g/mol. The molecular formula is C13H18ClNO3S. The molecule has 0 aliphatic rings. The molecule has 0 saturated heterocycles. The van der Waals surface area contributed by atoms with Gasteiger partial charge in [-0.15, -0.1) is 11.8 Å².